The van der Waals surface area contributed by atoms with Crippen LogP contribution in [0.15, 0.2) is 0 Å². The molecule has 126 valence electrons. The van der Waals surface area contributed by atoms with Crippen LogP contribution < -0.4 is 5.32 Å². The van der Waals surface area contributed by atoms with Crippen molar-refractivity contribution in [2.24, 2.45) is 5.92 Å². The van der Waals surface area contributed by atoms with Crippen LogP contribution in [-0.4, -0.2) is 24.3 Å². The third-order valence-corrected chi connectivity index (χ3v) is 4.96. The van der Waals surface area contributed by atoms with Gasteiger partial charge in [0, 0.05) is 0 Å². The Kier molecular flexibility index (Phi) is 12.3. The number of hydrogen-bond donors (Lipinski definition) is 2. The molecule has 1 aliphatic rings. The van der Waals surface area contributed by atoms with Crippen molar-refractivity contribution >= 4 is 0 Å². The Morgan fingerprint density at radius 2 is 1.29 bits per heavy atom. The van der Waals surface area contributed by atoms with Gasteiger partial charge in [-0.05, 0) is 51.1 Å². The second-order valence-electron chi connectivity index (χ2n) is 7.06. The summed E-state index contributed by atoms with van der Waals surface area (Å²) < 4.78 is 0. The SMILES string of the molecule is CCCCCCCCCCCCNCC1CCC(O)CC1. The maximum atomic E-state index is 9.48. The van der Waals surface area contributed by atoms with Crippen molar-refractivity contribution in [2.45, 2.75) is 103 Å². The number of aliphatic hydroxyl groups excluding tert-OH is 1. The molecule has 0 unspecified atom stereocenters. The summed E-state index contributed by atoms with van der Waals surface area (Å²) in [5.74, 6) is 0.816. The van der Waals surface area contributed by atoms with E-state index in [1.54, 1.807) is 0 Å². The Morgan fingerprint density at radius 1 is 0.762 bits per heavy atom. The molecule has 0 atom stereocenters. The largest absolute Gasteiger partial charge is 0.393 e. The number of rotatable bonds is 13. The minimum atomic E-state index is -0.0109. The van der Waals surface area contributed by atoms with Gasteiger partial charge in [0.05, 0.1) is 6.10 Å². The van der Waals surface area contributed by atoms with E-state index < -0.39 is 0 Å². The zero-order chi connectivity index (χ0) is 15.2. The number of aliphatic hydroxyl groups is 1. The summed E-state index contributed by atoms with van der Waals surface area (Å²) in [5, 5.41) is 13.1. The van der Waals surface area contributed by atoms with Crippen molar-refractivity contribution < 1.29 is 5.11 Å². The van der Waals surface area contributed by atoms with Crippen molar-refractivity contribution in [3.05, 3.63) is 0 Å². The molecule has 1 saturated carbocycles. The fourth-order valence-corrected chi connectivity index (χ4v) is 3.39. The summed E-state index contributed by atoms with van der Waals surface area (Å²) in [5.41, 5.74) is 0. The molecule has 1 rings (SSSR count). The Hall–Kier alpha value is -0.0800. The van der Waals surface area contributed by atoms with Gasteiger partial charge < -0.3 is 10.4 Å². The summed E-state index contributed by atoms with van der Waals surface area (Å²) in [6.07, 6.45) is 18.6. The first kappa shape index (κ1) is 19.0. The number of nitrogens with one attached hydrogen (secondary N) is 1. The molecule has 2 heteroatoms. The topological polar surface area (TPSA) is 32.3 Å². The maximum Gasteiger partial charge on any atom is 0.0540 e. The van der Waals surface area contributed by atoms with Crippen molar-refractivity contribution in [3.63, 3.8) is 0 Å². The summed E-state index contributed by atoms with van der Waals surface area (Å²) >= 11 is 0. The Bertz CT molecular complexity index is 212. The summed E-state index contributed by atoms with van der Waals surface area (Å²) in [6, 6.07) is 0. The van der Waals surface area contributed by atoms with Crippen molar-refractivity contribution in [1.82, 2.24) is 5.32 Å². The highest BCUT2D eigenvalue weighted by Crippen LogP contribution is 2.23. The highest BCUT2D eigenvalue weighted by atomic mass is 16.3. The lowest BCUT2D eigenvalue weighted by molar-refractivity contribution is 0.108. The van der Waals surface area contributed by atoms with E-state index in [4.69, 9.17) is 0 Å². The predicted octanol–water partition coefficient (Wildman–Crippen LogP) is 5.05. The third kappa shape index (κ3) is 11.2. The molecule has 0 aliphatic heterocycles. The van der Waals surface area contributed by atoms with E-state index in [-0.39, 0.29) is 6.10 Å². The average Bonchev–Trinajstić information content (AvgIpc) is 2.50. The van der Waals surface area contributed by atoms with E-state index in [0.717, 1.165) is 18.8 Å². The van der Waals surface area contributed by atoms with E-state index in [1.807, 2.05) is 0 Å². The summed E-state index contributed by atoms with van der Waals surface area (Å²) in [4.78, 5) is 0. The predicted molar refractivity (Wildman–Crippen MR) is 92.7 cm³/mol. The monoisotopic (exact) mass is 297 g/mol. The lowest BCUT2D eigenvalue weighted by atomic mass is 9.87. The maximum absolute atomic E-state index is 9.48. The van der Waals surface area contributed by atoms with Gasteiger partial charge in [0.15, 0.2) is 0 Å². The van der Waals surface area contributed by atoms with E-state index >= 15 is 0 Å². The van der Waals surface area contributed by atoms with Gasteiger partial charge in [-0.15, -0.1) is 0 Å². The Morgan fingerprint density at radius 3 is 1.86 bits per heavy atom. The molecule has 0 heterocycles. The normalized spacial score (nSPS) is 22.6. The molecular weight excluding hydrogens is 258 g/mol. The van der Waals surface area contributed by atoms with Crippen LogP contribution in [0.4, 0.5) is 0 Å². The molecule has 0 aromatic rings. The first-order valence-corrected chi connectivity index (χ1v) is 9.71. The molecule has 0 spiro atoms. The fraction of sp³-hybridized carbons (Fsp3) is 1.00. The molecule has 0 aromatic carbocycles. The standard InChI is InChI=1S/C19H39NO/c1-2-3-4-5-6-7-8-9-10-11-16-20-17-18-12-14-19(21)15-13-18/h18-21H,2-17H2,1H3. The van der Waals surface area contributed by atoms with Gasteiger partial charge in [-0.2, -0.15) is 0 Å². The second kappa shape index (κ2) is 13.6. The van der Waals surface area contributed by atoms with Gasteiger partial charge in [0.25, 0.3) is 0 Å². The van der Waals surface area contributed by atoms with Gasteiger partial charge in [-0.25, -0.2) is 0 Å². The molecule has 0 saturated heterocycles. The van der Waals surface area contributed by atoms with E-state index in [0.29, 0.717) is 0 Å². The first-order valence-electron chi connectivity index (χ1n) is 9.71. The van der Waals surface area contributed by atoms with Gasteiger partial charge >= 0.3 is 0 Å². The molecule has 0 aromatic heterocycles. The molecule has 21 heavy (non-hydrogen) atoms. The van der Waals surface area contributed by atoms with Gasteiger partial charge in [0.2, 0.25) is 0 Å². The van der Waals surface area contributed by atoms with Crippen molar-refractivity contribution in [1.29, 1.82) is 0 Å². The summed E-state index contributed by atoms with van der Waals surface area (Å²) in [7, 11) is 0. The van der Waals surface area contributed by atoms with Gasteiger partial charge in [-0.3, -0.25) is 0 Å². The van der Waals surface area contributed by atoms with Crippen LogP contribution in [-0.2, 0) is 0 Å². The zero-order valence-corrected chi connectivity index (χ0v) is 14.4. The number of unbranched alkanes of at least 4 members (excludes halogenated alkanes) is 9. The quantitative estimate of drug-likeness (QED) is 0.466. The highest BCUT2D eigenvalue weighted by Gasteiger charge is 2.18. The molecule has 0 radical (unpaired) electrons. The molecule has 0 bridgehead atoms. The Labute approximate surface area is 133 Å². The lowest BCUT2D eigenvalue weighted by Gasteiger charge is -2.25. The van der Waals surface area contributed by atoms with Crippen LogP contribution in [0, 0.1) is 5.92 Å². The minimum absolute atomic E-state index is 0.0109. The van der Waals surface area contributed by atoms with Crippen LogP contribution >= 0.6 is 0 Å². The molecule has 1 aliphatic carbocycles. The van der Waals surface area contributed by atoms with Crippen LogP contribution in [0.2, 0.25) is 0 Å². The molecule has 1 fully saturated rings. The van der Waals surface area contributed by atoms with Gasteiger partial charge in [-0.1, -0.05) is 64.7 Å². The summed E-state index contributed by atoms with van der Waals surface area (Å²) in [6.45, 7) is 4.64. The van der Waals surface area contributed by atoms with Crippen LogP contribution in [0.25, 0.3) is 0 Å². The second-order valence-corrected chi connectivity index (χ2v) is 7.06. The van der Waals surface area contributed by atoms with Crippen molar-refractivity contribution in [3.8, 4) is 0 Å². The van der Waals surface area contributed by atoms with E-state index in [1.165, 1.54) is 90.1 Å². The third-order valence-electron chi connectivity index (χ3n) is 4.96. The Balaban J connectivity index is 1.73. The number of hydrogen-bond acceptors (Lipinski definition) is 2. The molecular formula is C19H39NO. The highest BCUT2D eigenvalue weighted by molar-refractivity contribution is 4.73. The van der Waals surface area contributed by atoms with Crippen LogP contribution in [0.3, 0.4) is 0 Å². The molecule has 2 N–H and O–H groups in total. The lowest BCUT2D eigenvalue weighted by Crippen LogP contribution is -2.28. The smallest absolute Gasteiger partial charge is 0.0540 e. The molecule has 0 amide bonds. The van der Waals surface area contributed by atoms with Crippen LogP contribution in [0.5, 0.6) is 0 Å². The van der Waals surface area contributed by atoms with Crippen LogP contribution in [0.1, 0.15) is 96.8 Å². The van der Waals surface area contributed by atoms with Crippen molar-refractivity contribution in [2.75, 3.05) is 13.1 Å². The first-order chi connectivity index (χ1) is 10.3. The van der Waals surface area contributed by atoms with E-state index in [9.17, 15) is 5.11 Å². The average molecular weight is 298 g/mol. The minimum Gasteiger partial charge on any atom is -0.393 e. The van der Waals surface area contributed by atoms with E-state index in [2.05, 4.69) is 12.2 Å². The van der Waals surface area contributed by atoms with Gasteiger partial charge in [0.1, 0.15) is 0 Å². The fourth-order valence-electron chi connectivity index (χ4n) is 3.39. The zero-order valence-electron chi connectivity index (χ0n) is 14.4. The molecule has 2 nitrogen and oxygen atoms in total.